The maximum absolute atomic E-state index is 4.46. The minimum atomic E-state index is 0.641. The highest BCUT2D eigenvalue weighted by Gasteiger charge is 2.26. The zero-order chi connectivity index (χ0) is 12.8. The van der Waals surface area contributed by atoms with Crippen molar-refractivity contribution >= 4 is 0 Å². The third-order valence-electron chi connectivity index (χ3n) is 3.82. The Hall–Kier alpha value is -0.930. The number of rotatable bonds is 5. The van der Waals surface area contributed by atoms with Gasteiger partial charge in [0.15, 0.2) is 0 Å². The van der Waals surface area contributed by atoms with Crippen molar-refractivity contribution in [1.82, 2.24) is 15.2 Å². The molecule has 2 rings (SSSR count). The van der Waals surface area contributed by atoms with E-state index in [4.69, 9.17) is 0 Å². The fraction of sp³-hybridized carbons (Fsp3) is 0.667. The van der Waals surface area contributed by atoms with E-state index in [1.54, 1.807) is 0 Å². The number of pyridine rings is 1. The molecular weight excluding hydrogens is 222 g/mol. The first-order valence-electron chi connectivity index (χ1n) is 7.20. The number of piperazine rings is 1. The van der Waals surface area contributed by atoms with Crippen LogP contribution < -0.4 is 5.32 Å². The molecule has 1 aromatic rings. The molecule has 0 aliphatic carbocycles. The van der Waals surface area contributed by atoms with E-state index in [1.807, 2.05) is 12.3 Å². The summed E-state index contributed by atoms with van der Waals surface area (Å²) < 4.78 is 0. The summed E-state index contributed by atoms with van der Waals surface area (Å²) in [5.74, 6) is 0. The second kappa shape index (κ2) is 6.86. The average molecular weight is 247 g/mol. The molecule has 1 aliphatic heterocycles. The topological polar surface area (TPSA) is 28.2 Å². The number of hydrogen-bond acceptors (Lipinski definition) is 3. The van der Waals surface area contributed by atoms with Gasteiger partial charge in [0.2, 0.25) is 0 Å². The lowest BCUT2D eigenvalue weighted by molar-refractivity contribution is 0.112. The lowest BCUT2D eigenvalue weighted by atomic mass is 10.0. The summed E-state index contributed by atoms with van der Waals surface area (Å²) in [6.07, 6.45) is 5.62. The number of nitrogens with one attached hydrogen (secondary N) is 1. The van der Waals surface area contributed by atoms with Gasteiger partial charge in [0, 0.05) is 37.9 Å². The Morgan fingerprint density at radius 3 is 2.94 bits per heavy atom. The van der Waals surface area contributed by atoms with E-state index >= 15 is 0 Å². The minimum Gasteiger partial charge on any atom is -0.311 e. The Morgan fingerprint density at radius 2 is 2.28 bits per heavy atom. The largest absolute Gasteiger partial charge is 0.311 e. The smallest absolute Gasteiger partial charge is 0.0544 e. The highest BCUT2D eigenvalue weighted by atomic mass is 15.2. The molecule has 2 heterocycles. The standard InChI is InChI=1S/C15H25N3/c1-3-7-15-10-17-13(4-2)11-18(15)12-14-8-5-6-9-16-14/h5-6,8-9,13,15,17H,3-4,7,10-12H2,1-2H3. The number of nitrogens with zero attached hydrogens (tertiary/aromatic N) is 2. The summed E-state index contributed by atoms with van der Waals surface area (Å²) in [7, 11) is 0. The SMILES string of the molecule is CCCC1CNC(CC)CN1Cc1ccccn1. The molecule has 0 bridgehead atoms. The van der Waals surface area contributed by atoms with Crippen molar-refractivity contribution in [2.24, 2.45) is 0 Å². The third-order valence-corrected chi connectivity index (χ3v) is 3.82. The maximum atomic E-state index is 4.46. The van der Waals surface area contributed by atoms with E-state index in [-0.39, 0.29) is 0 Å². The lowest BCUT2D eigenvalue weighted by Crippen LogP contribution is -2.55. The van der Waals surface area contributed by atoms with E-state index in [2.05, 4.69) is 41.2 Å². The van der Waals surface area contributed by atoms with E-state index < -0.39 is 0 Å². The summed E-state index contributed by atoms with van der Waals surface area (Å²) >= 11 is 0. The molecule has 1 fully saturated rings. The van der Waals surface area contributed by atoms with E-state index in [0.29, 0.717) is 12.1 Å². The van der Waals surface area contributed by atoms with E-state index in [9.17, 15) is 0 Å². The van der Waals surface area contributed by atoms with Gasteiger partial charge in [-0.3, -0.25) is 9.88 Å². The molecule has 0 radical (unpaired) electrons. The van der Waals surface area contributed by atoms with Crippen molar-refractivity contribution in [1.29, 1.82) is 0 Å². The first-order chi connectivity index (χ1) is 8.83. The van der Waals surface area contributed by atoms with Crippen LogP contribution in [0.15, 0.2) is 24.4 Å². The van der Waals surface area contributed by atoms with Gasteiger partial charge in [0.25, 0.3) is 0 Å². The summed E-state index contributed by atoms with van der Waals surface area (Å²) in [4.78, 5) is 7.06. The summed E-state index contributed by atoms with van der Waals surface area (Å²) in [6.45, 7) is 7.79. The van der Waals surface area contributed by atoms with E-state index in [1.165, 1.54) is 25.0 Å². The molecule has 0 spiro atoms. The van der Waals surface area contributed by atoms with Crippen LogP contribution >= 0.6 is 0 Å². The predicted molar refractivity (Wildman–Crippen MR) is 75.4 cm³/mol. The molecule has 2 atom stereocenters. The van der Waals surface area contributed by atoms with Crippen molar-refractivity contribution in [2.45, 2.75) is 51.7 Å². The first-order valence-corrected chi connectivity index (χ1v) is 7.20. The minimum absolute atomic E-state index is 0.641. The Morgan fingerprint density at radius 1 is 1.39 bits per heavy atom. The van der Waals surface area contributed by atoms with Crippen molar-refractivity contribution in [3.63, 3.8) is 0 Å². The van der Waals surface area contributed by atoms with Gasteiger partial charge in [-0.05, 0) is 25.0 Å². The normalized spacial score (nSPS) is 25.2. The van der Waals surface area contributed by atoms with Crippen LogP contribution in [-0.4, -0.2) is 35.1 Å². The molecule has 1 aliphatic rings. The summed E-state index contributed by atoms with van der Waals surface area (Å²) in [6, 6.07) is 7.50. The van der Waals surface area contributed by atoms with E-state index in [0.717, 1.165) is 19.6 Å². The van der Waals surface area contributed by atoms with Gasteiger partial charge in [0.05, 0.1) is 5.69 Å². The Labute approximate surface area is 111 Å². The predicted octanol–water partition coefficient (Wildman–Crippen LogP) is 2.43. The van der Waals surface area contributed by atoms with Crippen molar-refractivity contribution in [3.8, 4) is 0 Å². The monoisotopic (exact) mass is 247 g/mol. The second-order valence-corrected chi connectivity index (χ2v) is 5.21. The highest BCUT2D eigenvalue weighted by Crippen LogP contribution is 2.16. The summed E-state index contributed by atoms with van der Waals surface area (Å²) in [5.41, 5.74) is 1.19. The van der Waals surface area contributed by atoms with Crippen LogP contribution in [0.2, 0.25) is 0 Å². The van der Waals surface area contributed by atoms with Gasteiger partial charge in [0.1, 0.15) is 0 Å². The number of hydrogen-bond donors (Lipinski definition) is 1. The quantitative estimate of drug-likeness (QED) is 0.866. The third kappa shape index (κ3) is 3.53. The fourth-order valence-corrected chi connectivity index (χ4v) is 2.71. The van der Waals surface area contributed by atoms with Crippen molar-refractivity contribution in [2.75, 3.05) is 13.1 Å². The van der Waals surface area contributed by atoms with Crippen molar-refractivity contribution in [3.05, 3.63) is 30.1 Å². The van der Waals surface area contributed by atoms with Crippen LogP contribution in [-0.2, 0) is 6.54 Å². The van der Waals surface area contributed by atoms with Gasteiger partial charge >= 0.3 is 0 Å². The molecule has 18 heavy (non-hydrogen) atoms. The molecule has 100 valence electrons. The first kappa shape index (κ1) is 13.5. The molecule has 1 saturated heterocycles. The molecule has 3 heteroatoms. The van der Waals surface area contributed by atoms with Crippen LogP contribution in [0.3, 0.4) is 0 Å². The Kier molecular flexibility index (Phi) is 5.14. The van der Waals surface area contributed by atoms with Crippen molar-refractivity contribution < 1.29 is 0 Å². The Bertz CT molecular complexity index is 339. The van der Waals surface area contributed by atoms with Gasteiger partial charge < -0.3 is 5.32 Å². The molecule has 1 aromatic heterocycles. The van der Waals surface area contributed by atoms with Gasteiger partial charge in [-0.1, -0.05) is 26.3 Å². The van der Waals surface area contributed by atoms with Crippen LogP contribution in [0.25, 0.3) is 0 Å². The molecular formula is C15H25N3. The van der Waals surface area contributed by atoms with Crippen LogP contribution in [0.1, 0.15) is 38.8 Å². The van der Waals surface area contributed by atoms with Gasteiger partial charge in [-0.2, -0.15) is 0 Å². The van der Waals surface area contributed by atoms with Crippen LogP contribution in [0.5, 0.6) is 0 Å². The molecule has 3 nitrogen and oxygen atoms in total. The number of aromatic nitrogens is 1. The summed E-state index contributed by atoms with van der Waals surface area (Å²) in [5, 5.41) is 3.66. The van der Waals surface area contributed by atoms with Crippen LogP contribution in [0.4, 0.5) is 0 Å². The zero-order valence-electron chi connectivity index (χ0n) is 11.6. The second-order valence-electron chi connectivity index (χ2n) is 5.21. The maximum Gasteiger partial charge on any atom is 0.0544 e. The molecule has 0 saturated carbocycles. The van der Waals surface area contributed by atoms with Crippen LogP contribution in [0, 0.1) is 0 Å². The molecule has 0 aromatic carbocycles. The van der Waals surface area contributed by atoms with Gasteiger partial charge in [-0.25, -0.2) is 0 Å². The van der Waals surface area contributed by atoms with Gasteiger partial charge in [-0.15, -0.1) is 0 Å². The molecule has 2 unspecified atom stereocenters. The average Bonchev–Trinajstić information content (AvgIpc) is 2.42. The highest BCUT2D eigenvalue weighted by molar-refractivity contribution is 5.04. The lowest BCUT2D eigenvalue weighted by Gasteiger charge is -2.40. The molecule has 1 N–H and O–H groups in total. The zero-order valence-corrected chi connectivity index (χ0v) is 11.6. The fourth-order valence-electron chi connectivity index (χ4n) is 2.71. The Balaban J connectivity index is 2.00. The molecule has 0 amide bonds.